The molecule has 1 fully saturated rings. The summed E-state index contributed by atoms with van der Waals surface area (Å²) < 4.78 is 33.0. The lowest BCUT2D eigenvalue weighted by molar-refractivity contribution is -0.122. The topological polar surface area (TPSA) is 78.9 Å². The Hall–Kier alpha value is -2.42. The van der Waals surface area contributed by atoms with E-state index in [1.54, 1.807) is 12.1 Å². The maximum Gasteiger partial charge on any atom is 0.265 e. The lowest BCUT2D eigenvalue weighted by Crippen LogP contribution is -2.46. The molecule has 3 rings (SSSR count). The number of hydrogen-bond donors (Lipinski definition) is 1. The summed E-state index contributed by atoms with van der Waals surface area (Å²) in [5.74, 6) is 0.406. The third-order valence-corrected chi connectivity index (χ3v) is 7.16. The number of ether oxygens (including phenoxy) is 1. The van der Waals surface area contributed by atoms with Gasteiger partial charge in [0.1, 0.15) is 5.75 Å². The lowest BCUT2D eigenvalue weighted by Gasteiger charge is -2.31. The summed E-state index contributed by atoms with van der Waals surface area (Å²) in [6.45, 7) is 6.20. The quantitative estimate of drug-likeness (QED) is 0.729. The molecule has 0 aliphatic carbocycles. The maximum atomic E-state index is 12.8. The highest BCUT2D eigenvalue weighted by atomic mass is 32.2. The number of sulfonamides is 1. The van der Waals surface area contributed by atoms with E-state index < -0.39 is 16.1 Å². The number of piperazine rings is 1. The molecule has 2 aromatic carbocycles. The molecule has 1 aliphatic heterocycles. The Labute approximate surface area is 178 Å². The van der Waals surface area contributed by atoms with Gasteiger partial charge in [-0.15, -0.1) is 0 Å². The van der Waals surface area contributed by atoms with Crippen LogP contribution in [0.15, 0.2) is 53.4 Å². The molecule has 1 atom stereocenters. The van der Waals surface area contributed by atoms with Crippen molar-refractivity contribution in [2.75, 3.05) is 38.5 Å². The molecule has 1 heterocycles. The van der Waals surface area contributed by atoms with E-state index in [0.717, 1.165) is 5.56 Å². The molecule has 0 bridgehead atoms. The molecule has 30 heavy (non-hydrogen) atoms. The first-order valence-corrected chi connectivity index (χ1v) is 11.6. The minimum atomic E-state index is -3.53. The number of para-hydroxylation sites is 1. The minimum absolute atomic E-state index is 0.230. The van der Waals surface area contributed by atoms with Crippen LogP contribution in [0.4, 0.5) is 5.69 Å². The predicted octanol–water partition coefficient (Wildman–Crippen LogP) is 2.73. The average molecular weight is 432 g/mol. The van der Waals surface area contributed by atoms with E-state index in [0.29, 0.717) is 44.0 Å². The molecule has 1 aliphatic rings. The first-order chi connectivity index (χ1) is 14.3. The van der Waals surface area contributed by atoms with Gasteiger partial charge in [-0.25, -0.2) is 8.42 Å². The largest absolute Gasteiger partial charge is 0.480 e. The number of hydrogen-bond acceptors (Lipinski definition) is 5. The number of amides is 1. The Morgan fingerprint density at radius 3 is 2.30 bits per heavy atom. The van der Waals surface area contributed by atoms with Crippen molar-refractivity contribution in [3.63, 3.8) is 0 Å². The van der Waals surface area contributed by atoms with Crippen molar-refractivity contribution in [3.05, 3.63) is 54.1 Å². The lowest BCUT2D eigenvalue weighted by atomic mass is 10.2. The summed E-state index contributed by atoms with van der Waals surface area (Å²) in [5.41, 5.74) is 1.49. The van der Waals surface area contributed by atoms with Crippen LogP contribution in [0.2, 0.25) is 0 Å². The van der Waals surface area contributed by atoms with Crippen molar-refractivity contribution in [3.8, 4) is 5.75 Å². The highest BCUT2D eigenvalue weighted by molar-refractivity contribution is 7.89. The fourth-order valence-electron chi connectivity index (χ4n) is 3.27. The Balaban J connectivity index is 1.65. The van der Waals surface area contributed by atoms with E-state index in [4.69, 9.17) is 4.74 Å². The second-order valence-electron chi connectivity index (χ2n) is 7.50. The summed E-state index contributed by atoms with van der Waals surface area (Å²) in [6, 6.07) is 13.8. The molecule has 0 aromatic heterocycles. The van der Waals surface area contributed by atoms with Crippen LogP contribution in [-0.2, 0) is 14.8 Å². The van der Waals surface area contributed by atoms with Gasteiger partial charge in [-0.2, -0.15) is 4.31 Å². The Bertz CT molecular complexity index is 968. The number of benzene rings is 2. The van der Waals surface area contributed by atoms with Gasteiger partial charge in [-0.05, 0) is 56.3 Å². The van der Waals surface area contributed by atoms with Crippen molar-refractivity contribution in [1.29, 1.82) is 0 Å². The molecule has 0 spiro atoms. The molecule has 1 saturated heterocycles. The van der Waals surface area contributed by atoms with Gasteiger partial charge in [-0.1, -0.05) is 25.1 Å². The zero-order chi connectivity index (χ0) is 21.7. The Kier molecular flexibility index (Phi) is 7.12. The number of carbonyl (C=O) groups excluding carboxylic acids is 1. The standard InChI is InChI=1S/C22H29N3O4S/c1-4-20(29-21-8-6-5-7-17(21)2)22(26)23-18-9-11-19(12-10-18)30(27,28)25-15-13-24(3)14-16-25/h5-12,20H,4,13-16H2,1-3H3,(H,23,26). The zero-order valence-corrected chi connectivity index (χ0v) is 18.5. The van der Waals surface area contributed by atoms with Gasteiger partial charge in [0.15, 0.2) is 6.10 Å². The van der Waals surface area contributed by atoms with Crippen molar-refractivity contribution < 1.29 is 17.9 Å². The highest BCUT2D eigenvalue weighted by Gasteiger charge is 2.27. The van der Waals surface area contributed by atoms with Crippen molar-refractivity contribution in [1.82, 2.24) is 9.21 Å². The molecule has 2 aromatic rings. The first-order valence-electron chi connectivity index (χ1n) is 10.1. The van der Waals surface area contributed by atoms with Gasteiger partial charge >= 0.3 is 0 Å². The van der Waals surface area contributed by atoms with Gasteiger partial charge in [-0.3, -0.25) is 4.79 Å². The second-order valence-corrected chi connectivity index (χ2v) is 9.44. The number of aryl methyl sites for hydroxylation is 1. The van der Waals surface area contributed by atoms with Crippen LogP contribution in [0.25, 0.3) is 0 Å². The van der Waals surface area contributed by atoms with Gasteiger partial charge in [0, 0.05) is 31.9 Å². The van der Waals surface area contributed by atoms with E-state index in [-0.39, 0.29) is 10.8 Å². The van der Waals surface area contributed by atoms with Gasteiger partial charge in [0.05, 0.1) is 4.90 Å². The Morgan fingerprint density at radius 1 is 1.07 bits per heavy atom. The van der Waals surface area contributed by atoms with Crippen LogP contribution in [0.5, 0.6) is 5.75 Å². The van der Waals surface area contributed by atoms with Gasteiger partial charge < -0.3 is 15.0 Å². The van der Waals surface area contributed by atoms with Crippen LogP contribution in [-0.4, -0.2) is 62.9 Å². The van der Waals surface area contributed by atoms with E-state index >= 15 is 0 Å². The summed E-state index contributed by atoms with van der Waals surface area (Å²) in [4.78, 5) is 15.0. The van der Waals surface area contributed by atoms with Crippen LogP contribution in [0.3, 0.4) is 0 Å². The van der Waals surface area contributed by atoms with E-state index in [1.165, 1.54) is 16.4 Å². The van der Waals surface area contributed by atoms with Gasteiger partial charge in [0.25, 0.3) is 5.91 Å². The normalized spacial score (nSPS) is 16.8. The zero-order valence-electron chi connectivity index (χ0n) is 17.7. The molecule has 7 nitrogen and oxygen atoms in total. The number of likely N-dealkylation sites (N-methyl/N-ethyl adjacent to an activating group) is 1. The first kappa shape index (κ1) is 22.3. The second kappa shape index (κ2) is 9.59. The van der Waals surface area contributed by atoms with Crippen LogP contribution >= 0.6 is 0 Å². The number of anilines is 1. The SMILES string of the molecule is CCC(Oc1ccccc1C)C(=O)Nc1ccc(S(=O)(=O)N2CCN(C)CC2)cc1. The Morgan fingerprint density at radius 2 is 1.70 bits per heavy atom. The molecular formula is C22H29N3O4S. The van der Waals surface area contributed by atoms with Crippen LogP contribution in [0, 0.1) is 6.92 Å². The molecule has 1 amide bonds. The van der Waals surface area contributed by atoms with E-state index in [2.05, 4.69) is 10.2 Å². The van der Waals surface area contributed by atoms with Crippen LogP contribution < -0.4 is 10.1 Å². The highest BCUT2D eigenvalue weighted by Crippen LogP contribution is 2.22. The number of nitrogens with one attached hydrogen (secondary N) is 1. The number of rotatable bonds is 7. The molecular weight excluding hydrogens is 402 g/mol. The molecule has 1 N–H and O–H groups in total. The summed E-state index contributed by atoms with van der Waals surface area (Å²) >= 11 is 0. The molecule has 8 heteroatoms. The van der Waals surface area contributed by atoms with E-state index in [9.17, 15) is 13.2 Å². The number of nitrogens with zero attached hydrogens (tertiary/aromatic N) is 2. The fraction of sp³-hybridized carbons (Fsp3) is 0.409. The van der Waals surface area contributed by atoms with E-state index in [1.807, 2.05) is 45.2 Å². The molecule has 162 valence electrons. The third-order valence-electron chi connectivity index (χ3n) is 5.25. The summed E-state index contributed by atoms with van der Waals surface area (Å²) in [7, 11) is -1.55. The molecule has 0 saturated carbocycles. The van der Waals surface area contributed by atoms with Gasteiger partial charge in [0.2, 0.25) is 10.0 Å². The average Bonchev–Trinajstić information content (AvgIpc) is 2.74. The fourth-order valence-corrected chi connectivity index (χ4v) is 4.70. The maximum absolute atomic E-state index is 12.8. The summed E-state index contributed by atoms with van der Waals surface area (Å²) in [6.07, 6.45) is -0.129. The van der Waals surface area contributed by atoms with Crippen molar-refractivity contribution in [2.24, 2.45) is 0 Å². The van der Waals surface area contributed by atoms with Crippen molar-refractivity contribution in [2.45, 2.75) is 31.3 Å². The molecule has 1 unspecified atom stereocenters. The number of carbonyl (C=O) groups is 1. The van der Waals surface area contributed by atoms with Crippen LogP contribution in [0.1, 0.15) is 18.9 Å². The minimum Gasteiger partial charge on any atom is -0.480 e. The third kappa shape index (κ3) is 5.19. The monoisotopic (exact) mass is 431 g/mol. The molecule has 0 radical (unpaired) electrons. The predicted molar refractivity (Wildman–Crippen MR) is 117 cm³/mol. The summed E-state index contributed by atoms with van der Waals surface area (Å²) in [5, 5.41) is 2.82. The smallest absolute Gasteiger partial charge is 0.265 e. The van der Waals surface area contributed by atoms with Crippen molar-refractivity contribution >= 4 is 21.6 Å².